The molecule has 0 spiro atoms. The van der Waals surface area contributed by atoms with E-state index in [9.17, 15) is 10.0 Å². The Morgan fingerprint density at radius 3 is 2.06 bits per heavy atom. The number of para-hydroxylation sites is 1. The maximum Gasteiger partial charge on any atom is 0.187 e. The average Bonchev–Trinajstić information content (AvgIpc) is 2.47. The summed E-state index contributed by atoms with van der Waals surface area (Å²) in [7, 11) is 0. The van der Waals surface area contributed by atoms with Gasteiger partial charge in [0, 0.05) is 5.56 Å². The second kappa shape index (κ2) is 5.47. The van der Waals surface area contributed by atoms with Crippen molar-refractivity contribution in [3.8, 4) is 0 Å². The number of hydroxylamine groups is 1. The molecule has 0 saturated heterocycles. The van der Waals surface area contributed by atoms with E-state index in [0.717, 1.165) is 5.06 Å². The van der Waals surface area contributed by atoms with Gasteiger partial charge in [-0.15, -0.1) is 0 Å². The molecule has 2 rings (SSSR count). The molecular formula is C15H15NO2. The lowest BCUT2D eigenvalue weighted by Crippen LogP contribution is -2.36. The van der Waals surface area contributed by atoms with Crippen molar-refractivity contribution in [3.63, 3.8) is 0 Å². The minimum atomic E-state index is -0.616. The molecule has 0 aliphatic carbocycles. The highest BCUT2D eigenvalue weighted by Gasteiger charge is 2.21. The second-order valence-electron chi connectivity index (χ2n) is 4.09. The number of carbonyl (C=O) groups is 1. The minimum absolute atomic E-state index is 0.109. The molecule has 0 radical (unpaired) electrons. The van der Waals surface area contributed by atoms with Gasteiger partial charge in [0.25, 0.3) is 0 Å². The predicted molar refractivity (Wildman–Crippen MR) is 70.9 cm³/mol. The fraction of sp³-hybridized carbons (Fsp3) is 0.133. The number of anilines is 1. The summed E-state index contributed by atoms with van der Waals surface area (Å²) in [5.74, 6) is -0.109. The van der Waals surface area contributed by atoms with E-state index in [4.69, 9.17) is 0 Å². The average molecular weight is 241 g/mol. The number of benzene rings is 2. The van der Waals surface area contributed by atoms with Gasteiger partial charge in [0.1, 0.15) is 6.04 Å². The molecule has 0 saturated carbocycles. The lowest BCUT2D eigenvalue weighted by molar-refractivity contribution is 0.0908. The zero-order valence-electron chi connectivity index (χ0n) is 10.2. The third-order valence-electron chi connectivity index (χ3n) is 2.83. The summed E-state index contributed by atoms with van der Waals surface area (Å²) in [5.41, 5.74) is 1.20. The van der Waals surface area contributed by atoms with Gasteiger partial charge in [0.2, 0.25) is 0 Å². The molecule has 3 heteroatoms. The number of Topliss-reactive ketones (excluding diaryl/α,β-unsaturated/α-hetero) is 1. The number of hydrogen-bond donors (Lipinski definition) is 1. The first-order chi connectivity index (χ1) is 8.70. The van der Waals surface area contributed by atoms with Crippen LogP contribution >= 0.6 is 0 Å². The summed E-state index contributed by atoms with van der Waals surface area (Å²) >= 11 is 0. The standard InChI is InChI=1S/C15H15NO2/c1-12(15(17)13-8-4-2-5-9-13)16(18)14-10-6-3-7-11-14/h2-12,18H,1H3. The van der Waals surface area contributed by atoms with E-state index < -0.39 is 6.04 Å². The van der Waals surface area contributed by atoms with Crippen LogP contribution in [0.15, 0.2) is 60.7 Å². The lowest BCUT2D eigenvalue weighted by atomic mass is 10.1. The van der Waals surface area contributed by atoms with Gasteiger partial charge in [-0.25, -0.2) is 5.06 Å². The summed E-state index contributed by atoms with van der Waals surface area (Å²) < 4.78 is 0. The van der Waals surface area contributed by atoms with Crippen LogP contribution in [0.5, 0.6) is 0 Å². The first-order valence-corrected chi connectivity index (χ1v) is 5.82. The SMILES string of the molecule is CC(C(=O)c1ccccc1)N(O)c1ccccc1. The molecule has 3 nitrogen and oxygen atoms in total. The number of carbonyl (C=O) groups excluding carboxylic acids is 1. The first-order valence-electron chi connectivity index (χ1n) is 5.82. The Morgan fingerprint density at radius 1 is 1.00 bits per heavy atom. The Balaban J connectivity index is 2.17. The molecule has 0 aliphatic heterocycles. The summed E-state index contributed by atoms with van der Waals surface area (Å²) in [5, 5.41) is 11.0. The van der Waals surface area contributed by atoms with E-state index in [-0.39, 0.29) is 5.78 Å². The van der Waals surface area contributed by atoms with Crippen LogP contribution in [0.25, 0.3) is 0 Å². The smallest absolute Gasteiger partial charge is 0.187 e. The number of rotatable bonds is 4. The van der Waals surface area contributed by atoms with Crippen molar-refractivity contribution in [2.75, 3.05) is 5.06 Å². The molecule has 0 bridgehead atoms. The highest BCUT2D eigenvalue weighted by atomic mass is 16.5. The third kappa shape index (κ3) is 2.57. The number of ketones is 1. The number of hydrogen-bond acceptors (Lipinski definition) is 3. The van der Waals surface area contributed by atoms with E-state index in [2.05, 4.69) is 0 Å². The Kier molecular flexibility index (Phi) is 3.75. The van der Waals surface area contributed by atoms with Gasteiger partial charge in [-0.05, 0) is 19.1 Å². The Morgan fingerprint density at radius 2 is 1.50 bits per heavy atom. The van der Waals surface area contributed by atoms with E-state index in [1.54, 1.807) is 31.2 Å². The second-order valence-corrected chi connectivity index (χ2v) is 4.09. The summed E-state index contributed by atoms with van der Waals surface area (Å²) in [6.45, 7) is 1.68. The highest BCUT2D eigenvalue weighted by Crippen LogP contribution is 2.16. The molecule has 0 heterocycles. The van der Waals surface area contributed by atoms with Crippen molar-refractivity contribution in [2.45, 2.75) is 13.0 Å². The Bertz CT molecular complexity index is 511. The van der Waals surface area contributed by atoms with Crippen molar-refractivity contribution < 1.29 is 10.0 Å². The molecule has 2 aromatic carbocycles. The molecular weight excluding hydrogens is 226 g/mol. The van der Waals surface area contributed by atoms with E-state index >= 15 is 0 Å². The van der Waals surface area contributed by atoms with Gasteiger partial charge >= 0.3 is 0 Å². The van der Waals surface area contributed by atoms with Gasteiger partial charge in [-0.3, -0.25) is 10.0 Å². The normalized spacial score (nSPS) is 11.9. The molecule has 1 unspecified atom stereocenters. The molecule has 0 aliphatic rings. The third-order valence-corrected chi connectivity index (χ3v) is 2.83. The van der Waals surface area contributed by atoms with E-state index in [1.807, 2.05) is 36.4 Å². The van der Waals surface area contributed by atoms with Crippen LogP contribution in [0.3, 0.4) is 0 Å². The molecule has 0 fully saturated rings. The first kappa shape index (κ1) is 12.3. The Labute approximate surface area is 106 Å². The highest BCUT2D eigenvalue weighted by molar-refractivity contribution is 6.01. The quantitative estimate of drug-likeness (QED) is 0.660. The molecule has 92 valence electrons. The van der Waals surface area contributed by atoms with E-state index in [1.165, 1.54) is 0 Å². The fourth-order valence-corrected chi connectivity index (χ4v) is 1.76. The molecule has 2 aromatic rings. The topological polar surface area (TPSA) is 40.5 Å². The molecule has 1 atom stereocenters. The van der Waals surface area contributed by atoms with Crippen LogP contribution in [0.4, 0.5) is 5.69 Å². The van der Waals surface area contributed by atoms with Crippen LogP contribution in [0.1, 0.15) is 17.3 Å². The molecule has 0 amide bonds. The lowest BCUT2D eigenvalue weighted by Gasteiger charge is -2.23. The van der Waals surface area contributed by atoms with Gasteiger partial charge in [0.05, 0.1) is 5.69 Å². The van der Waals surface area contributed by atoms with Crippen LogP contribution in [0, 0.1) is 0 Å². The fourth-order valence-electron chi connectivity index (χ4n) is 1.76. The minimum Gasteiger partial charge on any atom is -0.292 e. The van der Waals surface area contributed by atoms with Gasteiger partial charge in [0.15, 0.2) is 5.78 Å². The maximum atomic E-state index is 12.2. The van der Waals surface area contributed by atoms with Crippen molar-refractivity contribution in [1.29, 1.82) is 0 Å². The Hall–Kier alpha value is -2.13. The van der Waals surface area contributed by atoms with Crippen molar-refractivity contribution in [1.82, 2.24) is 0 Å². The van der Waals surface area contributed by atoms with Crippen LogP contribution in [0.2, 0.25) is 0 Å². The van der Waals surface area contributed by atoms with Crippen molar-refractivity contribution >= 4 is 11.5 Å². The predicted octanol–water partition coefficient (Wildman–Crippen LogP) is 3.15. The van der Waals surface area contributed by atoms with Crippen molar-refractivity contribution in [2.24, 2.45) is 0 Å². The number of nitrogens with zero attached hydrogens (tertiary/aromatic N) is 1. The van der Waals surface area contributed by atoms with Crippen molar-refractivity contribution in [3.05, 3.63) is 66.2 Å². The van der Waals surface area contributed by atoms with Crippen LogP contribution in [-0.4, -0.2) is 17.0 Å². The monoisotopic (exact) mass is 241 g/mol. The van der Waals surface area contributed by atoms with Gasteiger partial charge < -0.3 is 0 Å². The van der Waals surface area contributed by atoms with Crippen LogP contribution < -0.4 is 5.06 Å². The molecule has 0 aromatic heterocycles. The maximum absolute atomic E-state index is 12.2. The zero-order valence-corrected chi connectivity index (χ0v) is 10.2. The molecule has 18 heavy (non-hydrogen) atoms. The molecule has 1 N–H and O–H groups in total. The largest absolute Gasteiger partial charge is 0.292 e. The van der Waals surface area contributed by atoms with Gasteiger partial charge in [-0.1, -0.05) is 48.5 Å². The summed E-state index contributed by atoms with van der Waals surface area (Å²) in [4.78, 5) is 12.2. The zero-order chi connectivity index (χ0) is 13.0. The van der Waals surface area contributed by atoms with Crippen LogP contribution in [-0.2, 0) is 0 Å². The van der Waals surface area contributed by atoms with Gasteiger partial charge in [-0.2, -0.15) is 0 Å². The summed E-state index contributed by atoms with van der Waals surface area (Å²) in [6.07, 6.45) is 0. The van der Waals surface area contributed by atoms with E-state index in [0.29, 0.717) is 11.3 Å². The summed E-state index contributed by atoms with van der Waals surface area (Å²) in [6, 6.07) is 17.4.